The smallest absolute Gasteiger partial charge is 0.269 e. The highest BCUT2D eigenvalue weighted by Crippen LogP contribution is 2.23. The van der Waals surface area contributed by atoms with Crippen molar-refractivity contribution in [3.8, 4) is 0 Å². The van der Waals surface area contributed by atoms with Gasteiger partial charge in [0.05, 0.1) is 10.8 Å². The summed E-state index contributed by atoms with van der Waals surface area (Å²) >= 11 is 0. The minimum atomic E-state index is -0.544. The van der Waals surface area contributed by atoms with E-state index in [1.807, 2.05) is 0 Å². The van der Waals surface area contributed by atoms with E-state index in [0.29, 0.717) is 5.56 Å². The van der Waals surface area contributed by atoms with Gasteiger partial charge in [-0.05, 0) is 12.5 Å². The quantitative estimate of drug-likeness (QED) is 0.568. The number of nitrogens with zero attached hydrogens (tertiary/aromatic N) is 2. The summed E-state index contributed by atoms with van der Waals surface area (Å²) in [4.78, 5) is 31.0. The molecule has 0 aliphatic rings. The molecule has 0 radical (unpaired) electrons. The van der Waals surface area contributed by atoms with Crippen LogP contribution in [0.25, 0.3) is 0 Å². The predicted molar refractivity (Wildman–Crippen MR) is 63.0 cm³/mol. The molecule has 1 aromatic rings. The second-order valence-corrected chi connectivity index (χ2v) is 3.97. The number of benzene rings is 1. The third-order valence-electron chi connectivity index (χ3n) is 2.48. The molecule has 0 aromatic heterocycles. The summed E-state index contributed by atoms with van der Waals surface area (Å²) in [7, 11) is 0. The van der Waals surface area contributed by atoms with Crippen molar-refractivity contribution < 1.29 is 14.6 Å². The second kappa shape index (κ2) is 5.85. The van der Waals surface area contributed by atoms with Crippen molar-refractivity contribution in [3.05, 3.63) is 50.1 Å². The number of non-ortho nitro benzene ring substituents is 1. The number of rotatable bonds is 6. The molecule has 0 heterocycles. The Morgan fingerprint density at radius 2 is 1.78 bits per heavy atom. The zero-order valence-corrected chi connectivity index (χ0v) is 9.74. The first-order valence-electron chi connectivity index (χ1n) is 5.25. The van der Waals surface area contributed by atoms with Crippen LogP contribution in [0.1, 0.15) is 24.8 Å². The Morgan fingerprint density at radius 1 is 1.22 bits per heavy atom. The lowest BCUT2D eigenvalue weighted by Gasteiger charge is -2.10. The molecule has 1 unspecified atom stereocenters. The lowest BCUT2D eigenvalue weighted by atomic mass is 9.94. The SMILES string of the molecule is CC(=O)CC(C[N+](=O)[O-])c1ccc([N+](=O)[O-])cc1. The van der Waals surface area contributed by atoms with E-state index in [0.717, 1.165) is 0 Å². The molecule has 0 fully saturated rings. The van der Waals surface area contributed by atoms with Gasteiger partial charge in [0.2, 0.25) is 6.54 Å². The molecule has 7 heteroatoms. The molecule has 18 heavy (non-hydrogen) atoms. The molecular formula is C11H12N2O5. The number of carbonyl (C=O) groups excluding carboxylic acids is 1. The summed E-state index contributed by atoms with van der Waals surface area (Å²) < 4.78 is 0. The van der Waals surface area contributed by atoms with Gasteiger partial charge in [0.1, 0.15) is 5.78 Å². The maximum Gasteiger partial charge on any atom is 0.269 e. The van der Waals surface area contributed by atoms with E-state index in [9.17, 15) is 25.0 Å². The Kier molecular flexibility index (Phi) is 4.47. The normalized spacial score (nSPS) is 11.8. The number of ketones is 1. The van der Waals surface area contributed by atoms with Gasteiger partial charge in [0, 0.05) is 23.5 Å². The van der Waals surface area contributed by atoms with Crippen LogP contribution in [0.4, 0.5) is 5.69 Å². The van der Waals surface area contributed by atoms with Crippen LogP contribution < -0.4 is 0 Å². The van der Waals surface area contributed by atoms with Gasteiger partial charge in [0.25, 0.3) is 5.69 Å². The fourth-order valence-corrected chi connectivity index (χ4v) is 1.68. The minimum absolute atomic E-state index is 0.0544. The average molecular weight is 252 g/mol. The third kappa shape index (κ3) is 3.93. The highest BCUT2D eigenvalue weighted by Gasteiger charge is 2.20. The molecule has 0 saturated heterocycles. The van der Waals surface area contributed by atoms with E-state index in [1.165, 1.54) is 31.2 Å². The maximum absolute atomic E-state index is 11.1. The first kappa shape index (κ1) is 13.8. The lowest BCUT2D eigenvalue weighted by Crippen LogP contribution is -2.15. The van der Waals surface area contributed by atoms with Crippen LogP contribution in [0.5, 0.6) is 0 Å². The zero-order valence-electron chi connectivity index (χ0n) is 9.74. The van der Waals surface area contributed by atoms with Crippen LogP contribution in [-0.4, -0.2) is 22.2 Å². The Balaban J connectivity index is 2.93. The standard InChI is InChI=1S/C11H12N2O5/c1-8(14)6-10(7-12(15)16)9-2-4-11(5-3-9)13(17)18/h2-5,10H,6-7H2,1H3. The van der Waals surface area contributed by atoms with Gasteiger partial charge >= 0.3 is 0 Å². The number of nitro benzene ring substituents is 1. The molecule has 1 rings (SSSR count). The Labute approximate surface area is 103 Å². The van der Waals surface area contributed by atoms with Crippen LogP contribution in [0.3, 0.4) is 0 Å². The number of hydrogen-bond donors (Lipinski definition) is 0. The molecule has 1 aromatic carbocycles. The fourth-order valence-electron chi connectivity index (χ4n) is 1.68. The van der Waals surface area contributed by atoms with Crippen molar-refractivity contribution in [2.75, 3.05) is 6.54 Å². The summed E-state index contributed by atoms with van der Waals surface area (Å²) in [5.74, 6) is -0.696. The summed E-state index contributed by atoms with van der Waals surface area (Å²) in [6.45, 7) is 0.996. The fraction of sp³-hybridized carbons (Fsp3) is 0.364. The summed E-state index contributed by atoms with van der Waals surface area (Å²) in [6, 6.07) is 5.47. The third-order valence-corrected chi connectivity index (χ3v) is 2.48. The topological polar surface area (TPSA) is 103 Å². The molecular weight excluding hydrogens is 240 g/mol. The molecule has 0 spiro atoms. The van der Waals surface area contributed by atoms with Gasteiger partial charge in [-0.25, -0.2) is 0 Å². The van der Waals surface area contributed by atoms with E-state index < -0.39 is 15.8 Å². The number of hydrogen-bond acceptors (Lipinski definition) is 5. The van der Waals surface area contributed by atoms with Gasteiger partial charge in [-0.3, -0.25) is 20.2 Å². The highest BCUT2D eigenvalue weighted by molar-refractivity contribution is 5.76. The van der Waals surface area contributed by atoms with Crippen molar-refractivity contribution in [1.29, 1.82) is 0 Å². The average Bonchev–Trinajstić information content (AvgIpc) is 2.27. The molecule has 0 N–H and O–H groups in total. The van der Waals surface area contributed by atoms with Gasteiger partial charge in [-0.1, -0.05) is 12.1 Å². The van der Waals surface area contributed by atoms with Crippen molar-refractivity contribution in [2.24, 2.45) is 0 Å². The highest BCUT2D eigenvalue weighted by atomic mass is 16.6. The van der Waals surface area contributed by atoms with Crippen molar-refractivity contribution in [1.82, 2.24) is 0 Å². The van der Waals surface area contributed by atoms with E-state index >= 15 is 0 Å². The predicted octanol–water partition coefficient (Wildman–Crippen LogP) is 1.93. The minimum Gasteiger partial charge on any atom is -0.300 e. The second-order valence-electron chi connectivity index (χ2n) is 3.97. The molecule has 0 aliphatic carbocycles. The van der Waals surface area contributed by atoms with E-state index in [1.54, 1.807) is 0 Å². The first-order chi connectivity index (χ1) is 8.40. The van der Waals surface area contributed by atoms with Crippen LogP contribution in [0.15, 0.2) is 24.3 Å². The molecule has 1 atom stereocenters. The van der Waals surface area contributed by atoms with Crippen molar-refractivity contribution in [2.45, 2.75) is 19.3 Å². The molecule has 0 amide bonds. The van der Waals surface area contributed by atoms with E-state index in [2.05, 4.69) is 0 Å². The number of Topliss-reactive ketones (excluding diaryl/α,β-unsaturated/α-hetero) is 1. The van der Waals surface area contributed by atoms with Gasteiger partial charge in [-0.2, -0.15) is 0 Å². The van der Waals surface area contributed by atoms with Crippen LogP contribution in [0.2, 0.25) is 0 Å². The van der Waals surface area contributed by atoms with Gasteiger partial charge in [-0.15, -0.1) is 0 Å². The summed E-state index contributed by atoms with van der Waals surface area (Å²) in [5.41, 5.74) is 0.480. The zero-order chi connectivity index (χ0) is 13.7. The largest absolute Gasteiger partial charge is 0.300 e. The number of carbonyl (C=O) groups is 1. The molecule has 96 valence electrons. The molecule has 7 nitrogen and oxygen atoms in total. The summed E-state index contributed by atoms with van der Waals surface area (Å²) in [5, 5.41) is 21.0. The van der Waals surface area contributed by atoms with E-state index in [-0.39, 0.29) is 24.4 Å². The first-order valence-corrected chi connectivity index (χ1v) is 5.25. The number of nitro groups is 2. The Morgan fingerprint density at radius 3 is 2.17 bits per heavy atom. The van der Waals surface area contributed by atoms with E-state index in [4.69, 9.17) is 0 Å². The lowest BCUT2D eigenvalue weighted by molar-refractivity contribution is -0.483. The van der Waals surface area contributed by atoms with Crippen LogP contribution >= 0.6 is 0 Å². The maximum atomic E-state index is 11.1. The summed E-state index contributed by atoms with van der Waals surface area (Å²) in [6.07, 6.45) is 0.0544. The molecule has 0 aliphatic heterocycles. The monoisotopic (exact) mass is 252 g/mol. The van der Waals surface area contributed by atoms with Crippen molar-refractivity contribution in [3.63, 3.8) is 0 Å². The molecule has 0 saturated carbocycles. The van der Waals surface area contributed by atoms with Gasteiger partial charge in [0.15, 0.2) is 0 Å². The van der Waals surface area contributed by atoms with Crippen molar-refractivity contribution >= 4 is 11.5 Å². The Bertz CT molecular complexity index is 453. The van der Waals surface area contributed by atoms with Crippen LogP contribution in [0, 0.1) is 20.2 Å². The molecule has 0 bridgehead atoms. The van der Waals surface area contributed by atoms with Crippen LogP contribution in [-0.2, 0) is 4.79 Å². The Hall–Kier alpha value is -2.31. The van der Waals surface area contributed by atoms with Gasteiger partial charge < -0.3 is 4.79 Å².